The van der Waals surface area contributed by atoms with Crippen LogP contribution in [0.15, 0.2) is 28.7 Å². The van der Waals surface area contributed by atoms with E-state index in [4.69, 9.17) is 5.11 Å². The van der Waals surface area contributed by atoms with Crippen LogP contribution in [0.3, 0.4) is 0 Å². The molecule has 0 fully saturated rings. The lowest BCUT2D eigenvalue weighted by atomic mass is 10.1. The minimum Gasteiger partial charge on any atom is -0.480 e. The Bertz CT molecular complexity index is 381. The van der Waals surface area contributed by atoms with E-state index >= 15 is 0 Å². The second kappa shape index (κ2) is 6.77. The van der Waals surface area contributed by atoms with Crippen molar-refractivity contribution in [3.05, 3.63) is 34.3 Å². The van der Waals surface area contributed by atoms with Crippen molar-refractivity contribution in [3.8, 4) is 0 Å². The molecule has 0 spiro atoms. The number of carboxylic acid groups (broad SMARTS) is 1. The van der Waals surface area contributed by atoms with Crippen molar-refractivity contribution >= 4 is 21.9 Å². The molecule has 94 valence electrons. The first-order valence-electron chi connectivity index (χ1n) is 5.80. The Balaban J connectivity index is 2.83. The minimum absolute atomic E-state index is 0.410. The van der Waals surface area contributed by atoms with Crippen LogP contribution in [-0.2, 0) is 11.3 Å². The van der Waals surface area contributed by atoms with Crippen LogP contribution < -0.4 is 0 Å². The fraction of sp³-hybridized carbons (Fsp3) is 0.462. The highest BCUT2D eigenvalue weighted by Gasteiger charge is 2.22. The van der Waals surface area contributed by atoms with Crippen LogP contribution in [0.1, 0.15) is 25.8 Å². The van der Waals surface area contributed by atoms with Crippen LogP contribution >= 0.6 is 15.9 Å². The van der Waals surface area contributed by atoms with Gasteiger partial charge in [-0.1, -0.05) is 48.0 Å². The molecular formula is C13H18BrNO2. The van der Waals surface area contributed by atoms with E-state index in [9.17, 15) is 4.79 Å². The first-order chi connectivity index (χ1) is 8.10. The molecule has 0 saturated carbocycles. The smallest absolute Gasteiger partial charge is 0.320 e. The van der Waals surface area contributed by atoms with Gasteiger partial charge >= 0.3 is 5.97 Å². The molecule has 4 heteroatoms. The summed E-state index contributed by atoms with van der Waals surface area (Å²) < 4.78 is 1.03. The van der Waals surface area contributed by atoms with Crippen molar-refractivity contribution in [3.63, 3.8) is 0 Å². The number of aliphatic carboxylic acids is 1. The predicted molar refractivity (Wildman–Crippen MR) is 71.9 cm³/mol. The van der Waals surface area contributed by atoms with E-state index in [1.807, 2.05) is 43.0 Å². The van der Waals surface area contributed by atoms with Crippen molar-refractivity contribution in [2.24, 2.45) is 0 Å². The normalized spacial score (nSPS) is 12.7. The third-order valence-corrected chi connectivity index (χ3v) is 3.62. The van der Waals surface area contributed by atoms with Crippen molar-refractivity contribution < 1.29 is 9.90 Å². The standard InChI is InChI=1S/C13H18BrNO2/c1-3-12(13(16)17)15(4-2)9-10-7-5-6-8-11(10)14/h5-8,12H,3-4,9H2,1-2H3,(H,16,17). The highest BCUT2D eigenvalue weighted by atomic mass is 79.9. The Kier molecular flexibility index (Phi) is 5.65. The van der Waals surface area contributed by atoms with E-state index in [0.717, 1.165) is 16.6 Å². The molecule has 0 radical (unpaired) electrons. The number of hydrogen-bond donors (Lipinski definition) is 1. The fourth-order valence-electron chi connectivity index (χ4n) is 1.88. The molecule has 17 heavy (non-hydrogen) atoms. The average Bonchev–Trinajstić information content (AvgIpc) is 2.30. The maximum absolute atomic E-state index is 11.2. The number of hydrogen-bond acceptors (Lipinski definition) is 2. The molecule has 0 aromatic heterocycles. The molecule has 0 aliphatic carbocycles. The second-order valence-corrected chi connectivity index (χ2v) is 4.77. The molecule has 0 aliphatic rings. The average molecular weight is 300 g/mol. The molecule has 0 saturated heterocycles. The summed E-state index contributed by atoms with van der Waals surface area (Å²) in [5.74, 6) is -0.749. The summed E-state index contributed by atoms with van der Waals surface area (Å²) in [6.45, 7) is 5.28. The third kappa shape index (κ3) is 3.82. The number of halogens is 1. The number of carboxylic acids is 1. The summed E-state index contributed by atoms with van der Waals surface area (Å²) in [4.78, 5) is 13.1. The molecule has 0 amide bonds. The van der Waals surface area contributed by atoms with Crippen LogP contribution in [-0.4, -0.2) is 28.6 Å². The maximum Gasteiger partial charge on any atom is 0.320 e. The van der Waals surface area contributed by atoms with E-state index in [0.29, 0.717) is 13.0 Å². The summed E-state index contributed by atoms with van der Waals surface area (Å²) in [5, 5.41) is 9.17. The molecule has 1 aromatic rings. The van der Waals surface area contributed by atoms with Crippen molar-refractivity contribution in [1.29, 1.82) is 0 Å². The number of likely N-dealkylation sites (N-methyl/N-ethyl adjacent to an activating group) is 1. The van der Waals surface area contributed by atoms with Crippen LogP contribution in [0, 0.1) is 0 Å². The van der Waals surface area contributed by atoms with Crippen LogP contribution in [0.5, 0.6) is 0 Å². The maximum atomic E-state index is 11.2. The number of nitrogens with zero attached hydrogens (tertiary/aromatic N) is 1. The Morgan fingerprint density at radius 1 is 1.41 bits per heavy atom. The number of carbonyl (C=O) groups is 1. The zero-order valence-electron chi connectivity index (χ0n) is 10.2. The van der Waals surface area contributed by atoms with Gasteiger partial charge in [-0.15, -0.1) is 0 Å². The van der Waals surface area contributed by atoms with Gasteiger partial charge in [-0.3, -0.25) is 9.69 Å². The third-order valence-electron chi connectivity index (χ3n) is 2.85. The summed E-state index contributed by atoms with van der Waals surface area (Å²) in [5.41, 5.74) is 1.12. The van der Waals surface area contributed by atoms with Gasteiger partial charge in [-0.25, -0.2) is 0 Å². The minimum atomic E-state index is -0.749. The van der Waals surface area contributed by atoms with Crippen LogP contribution in [0.4, 0.5) is 0 Å². The summed E-state index contributed by atoms with van der Waals surface area (Å²) in [6, 6.07) is 7.51. The van der Waals surface area contributed by atoms with Crippen LogP contribution in [0.2, 0.25) is 0 Å². The Hall–Kier alpha value is -0.870. The topological polar surface area (TPSA) is 40.5 Å². The molecule has 1 unspecified atom stereocenters. The van der Waals surface area contributed by atoms with Gasteiger partial charge in [-0.05, 0) is 24.6 Å². The van der Waals surface area contributed by atoms with E-state index in [2.05, 4.69) is 15.9 Å². The molecule has 1 atom stereocenters. The van der Waals surface area contributed by atoms with Gasteiger partial charge in [0, 0.05) is 11.0 Å². The Morgan fingerprint density at radius 3 is 2.53 bits per heavy atom. The largest absolute Gasteiger partial charge is 0.480 e. The fourth-order valence-corrected chi connectivity index (χ4v) is 2.29. The van der Waals surface area contributed by atoms with Gasteiger partial charge in [-0.2, -0.15) is 0 Å². The van der Waals surface area contributed by atoms with Gasteiger partial charge < -0.3 is 5.11 Å². The zero-order valence-corrected chi connectivity index (χ0v) is 11.8. The monoisotopic (exact) mass is 299 g/mol. The summed E-state index contributed by atoms with van der Waals surface area (Å²) in [6.07, 6.45) is 0.619. The SMILES string of the molecule is CCC(C(=O)O)N(CC)Cc1ccccc1Br. The lowest BCUT2D eigenvalue weighted by Crippen LogP contribution is -2.40. The van der Waals surface area contributed by atoms with E-state index < -0.39 is 12.0 Å². The van der Waals surface area contributed by atoms with Crippen molar-refractivity contribution in [1.82, 2.24) is 4.90 Å². The van der Waals surface area contributed by atoms with Crippen molar-refractivity contribution in [2.75, 3.05) is 6.54 Å². The van der Waals surface area contributed by atoms with Gasteiger partial charge in [0.15, 0.2) is 0 Å². The number of benzene rings is 1. The highest BCUT2D eigenvalue weighted by molar-refractivity contribution is 9.10. The number of rotatable bonds is 6. The molecular weight excluding hydrogens is 282 g/mol. The lowest BCUT2D eigenvalue weighted by molar-refractivity contribution is -0.143. The van der Waals surface area contributed by atoms with Gasteiger partial charge in [0.25, 0.3) is 0 Å². The molecule has 0 aliphatic heterocycles. The molecule has 1 N–H and O–H groups in total. The molecule has 3 nitrogen and oxygen atoms in total. The quantitative estimate of drug-likeness (QED) is 0.877. The highest BCUT2D eigenvalue weighted by Crippen LogP contribution is 2.19. The molecule has 0 bridgehead atoms. The van der Waals surface area contributed by atoms with E-state index in [-0.39, 0.29) is 0 Å². The zero-order chi connectivity index (χ0) is 12.8. The molecule has 1 rings (SSSR count). The second-order valence-electron chi connectivity index (χ2n) is 3.92. The lowest BCUT2D eigenvalue weighted by Gasteiger charge is -2.27. The van der Waals surface area contributed by atoms with Gasteiger partial charge in [0.05, 0.1) is 0 Å². The van der Waals surface area contributed by atoms with Gasteiger partial charge in [0.2, 0.25) is 0 Å². The first kappa shape index (κ1) is 14.2. The van der Waals surface area contributed by atoms with Gasteiger partial charge in [0.1, 0.15) is 6.04 Å². The van der Waals surface area contributed by atoms with Crippen molar-refractivity contribution in [2.45, 2.75) is 32.9 Å². The summed E-state index contributed by atoms with van der Waals surface area (Å²) in [7, 11) is 0. The van der Waals surface area contributed by atoms with Crippen LogP contribution in [0.25, 0.3) is 0 Å². The molecule has 1 aromatic carbocycles. The molecule has 0 heterocycles. The predicted octanol–water partition coefficient (Wildman–Crippen LogP) is 3.13. The Labute approximate surface area is 111 Å². The Morgan fingerprint density at radius 2 is 2.06 bits per heavy atom. The van der Waals surface area contributed by atoms with E-state index in [1.54, 1.807) is 0 Å². The first-order valence-corrected chi connectivity index (χ1v) is 6.59. The summed E-state index contributed by atoms with van der Waals surface area (Å²) >= 11 is 3.49. The van der Waals surface area contributed by atoms with E-state index in [1.165, 1.54) is 0 Å².